The molecule has 19 heavy (non-hydrogen) atoms. The molecule has 0 radical (unpaired) electrons. The summed E-state index contributed by atoms with van der Waals surface area (Å²) in [7, 11) is 1.84. The van der Waals surface area contributed by atoms with E-state index in [2.05, 4.69) is 13.8 Å². The van der Waals surface area contributed by atoms with E-state index in [-0.39, 0.29) is 23.7 Å². The van der Waals surface area contributed by atoms with Crippen LogP contribution in [0.1, 0.15) is 25.0 Å². The third-order valence-electron chi connectivity index (χ3n) is 3.12. The minimum atomic E-state index is -0.0301. The quantitative estimate of drug-likeness (QED) is 0.902. The molecule has 0 aliphatic rings. The second-order valence-electron chi connectivity index (χ2n) is 5.78. The first-order valence-corrected chi connectivity index (χ1v) is 6.34. The Morgan fingerprint density at radius 3 is 2.26 bits per heavy atom. The average molecular weight is 285 g/mol. The van der Waals surface area contributed by atoms with Crippen LogP contribution in [0.2, 0.25) is 0 Å². The normalized spacial score (nSPS) is 10.8. The molecule has 108 valence electrons. The van der Waals surface area contributed by atoms with E-state index in [0.717, 1.165) is 5.56 Å². The summed E-state index contributed by atoms with van der Waals surface area (Å²) in [4.78, 5) is 13.8. The van der Waals surface area contributed by atoms with Gasteiger partial charge in [0.15, 0.2) is 0 Å². The molecule has 0 atom stereocenters. The zero-order valence-electron chi connectivity index (χ0n) is 12.3. The predicted molar refractivity (Wildman–Crippen MR) is 82.6 cm³/mol. The molecule has 0 aliphatic heterocycles. The molecule has 0 fully saturated rings. The van der Waals surface area contributed by atoms with Crippen LogP contribution in [0.15, 0.2) is 24.3 Å². The first-order valence-electron chi connectivity index (χ1n) is 6.34. The van der Waals surface area contributed by atoms with Crippen molar-refractivity contribution in [1.29, 1.82) is 0 Å². The zero-order valence-corrected chi connectivity index (χ0v) is 13.1. The molecular weight excluding hydrogens is 260 g/mol. The topological polar surface area (TPSA) is 46.3 Å². The maximum atomic E-state index is 12.1. The van der Waals surface area contributed by atoms with Crippen LogP contribution in [0.4, 0.5) is 0 Å². The maximum Gasteiger partial charge on any atom is 0.226 e. The molecule has 0 bridgehead atoms. The molecule has 3 nitrogen and oxygen atoms in total. The van der Waals surface area contributed by atoms with Gasteiger partial charge >= 0.3 is 0 Å². The molecule has 0 aromatic heterocycles. The van der Waals surface area contributed by atoms with Crippen molar-refractivity contribution in [3.63, 3.8) is 0 Å². The highest BCUT2D eigenvalue weighted by molar-refractivity contribution is 5.85. The molecule has 0 saturated heterocycles. The SMILES string of the molecule is Cc1ccc(CC(=O)N(C)CC(C)(C)CN)cc1.Cl. The summed E-state index contributed by atoms with van der Waals surface area (Å²) in [6, 6.07) is 8.09. The van der Waals surface area contributed by atoms with Crippen LogP contribution < -0.4 is 5.73 Å². The minimum Gasteiger partial charge on any atom is -0.345 e. The number of nitrogens with zero attached hydrogens (tertiary/aromatic N) is 1. The Morgan fingerprint density at radius 2 is 1.79 bits per heavy atom. The first-order chi connectivity index (χ1) is 8.34. The van der Waals surface area contributed by atoms with E-state index < -0.39 is 0 Å². The summed E-state index contributed by atoms with van der Waals surface area (Å²) in [5, 5.41) is 0. The van der Waals surface area contributed by atoms with Crippen LogP contribution in [0.25, 0.3) is 0 Å². The van der Waals surface area contributed by atoms with Crippen molar-refractivity contribution in [3.8, 4) is 0 Å². The van der Waals surface area contributed by atoms with Crippen LogP contribution >= 0.6 is 12.4 Å². The smallest absolute Gasteiger partial charge is 0.226 e. The van der Waals surface area contributed by atoms with Crippen LogP contribution in [0, 0.1) is 12.3 Å². The summed E-state index contributed by atoms with van der Waals surface area (Å²) in [5.41, 5.74) is 7.93. The van der Waals surface area contributed by atoms with Crippen LogP contribution in [-0.4, -0.2) is 30.9 Å². The number of benzene rings is 1. The molecule has 1 aromatic carbocycles. The van der Waals surface area contributed by atoms with Gasteiger partial charge < -0.3 is 10.6 Å². The van der Waals surface area contributed by atoms with Gasteiger partial charge in [0.2, 0.25) is 5.91 Å². The number of carbonyl (C=O) groups is 1. The van der Waals surface area contributed by atoms with Crippen molar-refractivity contribution in [3.05, 3.63) is 35.4 Å². The fourth-order valence-corrected chi connectivity index (χ4v) is 1.81. The lowest BCUT2D eigenvalue weighted by molar-refractivity contribution is -0.130. The van der Waals surface area contributed by atoms with Crippen molar-refractivity contribution in [2.45, 2.75) is 27.2 Å². The maximum absolute atomic E-state index is 12.1. The fraction of sp³-hybridized carbons (Fsp3) is 0.533. The van der Waals surface area contributed by atoms with Crippen LogP contribution in [0.5, 0.6) is 0 Å². The number of hydrogen-bond acceptors (Lipinski definition) is 2. The van der Waals surface area contributed by atoms with Gasteiger partial charge in [0.1, 0.15) is 0 Å². The second kappa shape index (κ2) is 7.51. The van der Waals surface area contributed by atoms with Crippen LogP contribution in [0.3, 0.4) is 0 Å². The summed E-state index contributed by atoms with van der Waals surface area (Å²) >= 11 is 0. The van der Waals surface area contributed by atoms with Gasteiger partial charge in [-0.15, -0.1) is 12.4 Å². The second-order valence-corrected chi connectivity index (χ2v) is 5.78. The number of amides is 1. The highest BCUT2D eigenvalue weighted by Gasteiger charge is 2.21. The summed E-state index contributed by atoms with van der Waals surface area (Å²) in [5.74, 6) is 0.139. The van der Waals surface area contributed by atoms with Gasteiger partial charge in [0, 0.05) is 13.6 Å². The summed E-state index contributed by atoms with van der Waals surface area (Å²) in [6.07, 6.45) is 0.456. The zero-order chi connectivity index (χ0) is 13.8. The van der Waals surface area contributed by atoms with Gasteiger partial charge in [-0.25, -0.2) is 0 Å². The molecule has 1 amide bonds. The Kier molecular flexibility index (Phi) is 7.09. The lowest BCUT2D eigenvalue weighted by atomic mass is 9.93. The van der Waals surface area contributed by atoms with Gasteiger partial charge in [-0.05, 0) is 24.4 Å². The van der Waals surface area contributed by atoms with Crippen molar-refractivity contribution >= 4 is 18.3 Å². The van der Waals surface area contributed by atoms with E-state index >= 15 is 0 Å². The van der Waals surface area contributed by atoms with Crippen molar-refractivity contribution in [1.82, 2.24) is 4.90 Å². The molecule has 1 aromatic rings. The number of hydrogen-bond donors (Lipinski definition) is 1. The van der Waals surface area contributed by atoms with Gasteiger partial charge in [0.25, 0.3) is 0 Å². The highest BCUT2D eigenvalue weighted by Crippen LogP contribution is 2.14. The van der Waals surface area contributed by atoms with E-state index in [0.29, 0.717) is 19.5 Å². The number of halogens is 1. The standard InChI is InChI=1S/C15H24N2O.ClH/c1-12-5-7-13(8-6-12)9-14(18)17(4)11-15(2,3)10-16;/h5-8H,9-11,16H2,1-4H3;1H. The fourth-order valence-electron chi connectivity index (χ4n) is 1.81. The van der Waals surface area contributed by atoms with Crippen molar-refractivity contribution < 1.29 is 4.79 Å². The highest BCUT2D eigenvalue weighted by atomic mass is 35.5. The van der Waals surface area contributed by atoms with E-state index in [1.807, 2.05) is 38.2 Å². The number of aryl methyl sites for hydroxylation is 1. The average Bonchev–Trinajstić information content (AvgIpc) is 2.31. The number of carbonyl (C=O) groups excluding carboxylic acids is 1. The van der Waals surface area contributed by atoms with Gasteiger partial charge in [-0.3, -0.25) is 4.79 Å². The van der Waals surface area contributed by atoms with E-state index in [9.17, 15) is 4.79 Å². The molecule has 4 heteroatoms. The largest absolute Gasteiger partial charge is 0.345 e. The Hall–Kier alpha value is -1.06. The Balaban J connectivity index is 0.00000324. The number of nitrogens with two attached hydrogens (primary N) is 1. The molecule has 1 rings (SSSR count). The first kappa shape index (κ1) is 17.9. The third kappa shape index (κ3) is 6.08. The lowest BCUT2D eigenvalue weighted by Crippen LogP contribution is -2.40. The third-order valence-corrected chi connectivity index (χ3v) is 3.12. The molecular formula is C15H25ClN2O. The van der Waals surface area contributed by atoms with Crippen LogP contribution in [-0.2, 0) is 11.2 Å². The molecule has 0 heterocycles. The molecule has 2 N–H and O–H groups in total. The molecule has 0 aliphatic carbocycles. The van der Waals surface area contributed by atoms with E-state index in [4.69, 9.17) is 5.73 Å². The predicted octanol–water partition coefficient (Wildman–Crippen LogP) is 2.40. The van der Waals surface area contributed by atoms with Gasteiger partial charge in [-0.1, -0.05) is 43.7 Å². The lowest BCUT2D eigenvalue weighted by Gasteiger charge is -2.29. The van der Waals surface area contributed by atoms with Crippen molar-refractivity contribution in [2.24, 2.45) is 11.1 Å². The molecule has 0 unspecified atom stereocenters. The van der Waals surface area contributed by atoms with Gasteiger partial charge in [-0.2, -0.15) is 0 Å². The number of likely N-dealkylation sites (N-methyl/N-ethyl adjacent to an activating group) is 1. The molecule has 0 spiro atoms. The molecule has 0 saturated carbocycles. The summed E-state index contributed by atoms with van der Waals surface area (Å²) in [6.45, 7) is 7.45. The monoisotopic (exact) mass is 284 g/mol. The van der Waals surface area contributed by atoms with Crippen molar-refractivity contribution in [2.75, 3.05) is 20.1 Å². The Labute approximate surface area is 122 Å². The van der Waals surface area contributed by atoms with E-state index in [1.165, 1.54) is 5.56 Å². The Morgan fingerprint density at radius 1 is 1.26 bits per heavy atom. The van der Waals surface area contributed by atoms with E-state index in [1.54, 1.807) is 4.90 Å². The Bertz CT molecular complexity index is 401. The van der Waals surface area contributed by atoms with Gasteiger partial charge in [0.05, 0.1) is 6.42 Å². The summed E-state index contributed by atoms with van der Waals surface area (Å²) < 4.78 is 0. The number of rotatable bonds is 5. The minimum absolute atomic E-state index is 0.